The molecule has 0 unspecified atom stereocenters. The van der Waals surface area contributed by atoms with Crippen LogP contribution in [0.15, 0.2) is 12.1 Å². The molecule has 1 aromatic carbocycles. The standard InChI is InChI=1S/C10H13NO3/c1-7-4-9(6-11(12)13)5-8(2)10(7)14-3/h4-5H,6H2,1-3H3. The van der Waals surface area contributed by atoms with Gasteiger partial charge in [-0.1, -0.05) is 0 Å². The zero-order valence-corrected chi connectivity index (χ0v) is 8.53. The van der Waals surface area contributed by atoms with Gasteiger partial charge in [0.1, 0.15) is 5.75 Å². The first kappa shape index (κ1) is 10.5. The third-order valence-corrected chi connectivity index (χ3v) is 2.04. The molecular formula is C10H13NO3. The summed E-state index contributed by atoms with van der Waals surface area (Å²) in [4.78, 5) is 9.99. The molecule has 4 heteroatoms. The second-order valence-electron chi connectivity index (χ2n) is 3.25. The molecule has 0 spiro atoms. The topological polar surface area (TPSA) is 52.4 Å². The minimum Gasteiger partial charge on any atom is -0.496 e. The van der Waals surface area contributed by atoms with E-state index in [1.54, 1.807) is 19.2 Å². The lowest BCUT2D eigenvalue weighted by Crippen LogP contribution is -2.00. The number of hydrogen-bond donors (Lipinski definition) is 0. The van der Waals surface area contributed by atoms with Crippen LogP contribution in [-0.2, 0) is 6.54 Å². The van der Waals surface area contributed by atoms with Gasteiger partial charge in [-0.2, -0.15) is 0 Å². The average molecular weight is 195 g/mol. The van der Waals surface area contributed by atoms with Gasteiger partial charge >= 0.3 is 0 Å². The molecule has 0 aliphatic carbocycles. The zero-order chi connectivity index (χ0) is 10.7. The van der Waals surface area contributed by atoms with Crippen LogP contribution in [0.3, 0.4) is 0 Å². The summed E-state index contributed by atoms with van der Waals surface area (Å²) in [6.07, 6.45) is 0. The van der Waals surface area contributed by atoms with E-state index in [0.717, 1.165) is 16.9 Å². The predicted molar refractivity (Wildman–Crippen MR) is 53.2 cm³/mol. The molecule has 0 fully saturated rings. The summed E-state index contributed by atoms with van der Waals surface area (Å²) in [5, 5.41) is 10.3. The van der Waals surface area contributed by atoms with E-state index in [2.05, 4.69) is 0 Å². The van der Waals surface area contributed by atoms with Crippen molar-refractivity contribution in [3.8, 4) is 5.75 Å². The Balaban J connectivity index is 3.07. The van der Waals surface area contributed by atoms with Gasteiger partial charge in [0.25, 0.3) is 0 Å². The van der Waals surface area contributed by atoms with Crippen molar-refractivity contribution in [2.75, 3.05) is 7.11 Å². The van der Waals surface area contributed by atoms with Crippen LogP contribution in [0.1, 0.15) is 16.7 Å². The Labute approximate surface area is 82.7 Å². The summed E-state index contributed by atoms with van der Waals surface area (Å²) in [5.74, 6) is 0.803. The van der Waals surface area contributed by atoms with E-state index in [9.17, 15) is 10.1 Å². The SMILES string of the molecule is COc1c(C)cc(C[N+](=O)[O-])cc1C. The number of nitrogens with zero attached hydrogens (tertiary/aromatic N) is 1. The van der Waals surface area contributed by atoms with Gasteiger partial charge in [0.05, 0.1) is 7.11 Å². The van der Waals surface area contributed by atoms with Crippen molar-refractivity contribution in [3.63, 3.8) is 0 Å². The van der Waals surface area contributed by atoms with E-state index < -0.39 is 0 Å². The normalized spacial score (nSPS) is 9.93. The van der Waals surface area contributed by atoms with Crippen LogP contribution in [-0.4, -0.2) is 12.0 Å². The number of nitro groups is 1. The van der Waals surface area contributed by atoms with Gasteiger partial charge in [0.2, 0.25) is 6.54 Å². The van der Waals surface area contributed by atoms with Gasteiger partial charge < -0.3 is 4.74 Å². The Kier molecular flexibility index (Phi) is 3.06. The molecule has 0 aliphatic heterocycles. The Morgan fingerprint density at radius 3 is 2.21 bits per heavy atom. The van der Waals surface area contributed by atoms with E-state index >= 15 is 0 Å². The number of benzene rings is 1. The molecule has 0 N–H and O–H groups in total. The monoisotopic (exact) mass is 195 g/mol. The molecule has 1 rings (SSSR count). The first-order valence-corrected chi connectivity index (χ1v) is 4.30. The highest BCUT2D eigenvalue weighted by molar-refractivity contribution is 5.43. The van der Waals surface area contributed by atoms with Crippen LogP contribution in [0, 0.1) is 24.0 Å². The molecule has 0 amide bonds. The Bertz CT molecular complexity index is 337. The van der Waals surface area contributed by atoms with Gasteiger partial charge in [-0.3, -0.25) is 10.1 Å². The van der Waals surface area contributed by atoms with Crippen LogP contribution in [0.4, 0.5) is 0 Å². The number of ether oxygens (including phenoxy) is 1. The van der Waals surface area contributed by atoms with Gasteiger partial charge in [0.15, 0.2) is 0 Å². The summed E-state index contributed by atoms with van der Waals surface area (Å²) in [6, 6.07) is 3.57. The van der Waals surface area contributed by atoms with Crippen LogP contribution in [0.5, 0.6) is 5.75 Å². The van der Waals surface area contributed by atoms with E-state index in [1.165, 1.54) is 0 Å². The molecular weight excluding hydrogens is 182 g/mol. The van der Waals surface area contributed by atoms with Crippen molar-refractivity contribution < 1.29 is 9.66 Å². The number of methoxy groups -OCH3 is 1. The molecule has 0 bridgehead atoms. The molecule has 4 nitrogen and oxygen atoms in total. The van der Waals surface area contributed by atoms with Gasteiger partial charge in [-0.15, -0.1) is 0 Å². The highest BCUT2D eigenvalue weighted by atomic mass is 16.6. The zero-order valence-electron chi connectivity index (χ0n) is 8.53. The number of rotatable bonds is 3. The summed E-state index contributed by atoms with van der Waals surface area (Å²) in [7, 11) is 1.60. The second kappa shape index (κ2) is 4.09. The highest BCUT2D eigenvalue weighted by Gasteiger charge is 2.08. The van der Waals surface area contributed by atoms with E-state index in [0.29, 0.717) is 5.56 Å². The van der Waals surface area contributed by atoms with Gasteiger partial charge in [-0.05, 0) is 37.1 Å². The molecule has 0 aromatic heterocycles. The van der Waals surface area contributed by atoms with Crippen LogP contribution < -0.4 is 4.74 Å². The highest BCUT2D eigenvalue weighted by Crippen LogP contribution is 2.24. The Morgan fingerprint density at radius 1 is 1.36 bits per heavy atom. The van der Waals surface area contributed by atoms with Crippen LogP contribution in [0.2, 0.25) is 0 Å². The minimum atomic E-state index is -0.333. The van der Waals surface area contributed by atoms with Crippen molar-refractivity contribution in [1.29, 1.82) is 0 Å². The smallest absolute Gasteiger partial charge is 0.228 e. The fourth-order valence-electron chi connectivity index (χ4n) is 1.60. The molecule has 76 valence electrons. The van der Waals surface area contributed by atoms with Crippen molar-refractivity contribution >= 4 is 0 Å². The number of aryl methyl sites for hydroxylation is 2. The summed E-state index contributed by atoms with van der Waals surface area (Å²) >= 11 is 0. The van der Waals surface area contributed by atoms with E-state index in [4.69, 9.17) is 4.74 Å². The van der Waals surface area contributed by atoms with Crippen molar-refractivity contribution in [2.24, 2.45) is 0 Å². The minimum absolute atomic E-state index is 0.133. The van der Waals surface area contributed by atoms with E-state index in [-0.39, 0.29) is 11.5 Å². The molecule has 0 aliphatic rings. The molecule has 0 saturated carbocycles. The Morgan fingerprint density at radius 2 is 1.86 bits per heavy atom. The van der Waals surface area contributed by atoms with Crippen molar-refractivity contribution in [3.05, 3.63) is 38.9 Å². The maximum Gasteiger partial charge on any atom is 0.228 e. The van der Waals surface area contributed by atoms with Gasteiger partial charge in [0, 0.05) is 10.5 Å². The maximum absolute atomic E-state index is 10.3. The molecule has 14 heavy (non-hydrogen) atoms. The largest absolute Gasteiger partial charge is 0.496 e. The quantitative estimate of drug-likeness (QED) is 0.548. The molecule has 0 atom stereocenters. The van der Waals surface area contributed by atoms with E-state index in [1.807, 2.05) is 13.8 Å². The summed E-state index contributed by atoms with van der Waals surface area (Å²) in [5.41, 5.74) is 2.58. The Hall–Kier alpha value is -1.58. The summed E-state index contributed by atoms with van der Waals surface area (Å²) < 4.78 is 5.17. The third kappa shape index (κ3) is 2.22. The first-order valence-electron chi connectivity index (χ1n) is 4.30. The van der Waals surface area contributed by atoms with Crippen molar-refractivity contribution in [1.82, 2.24) is 0 Å². The average Bonchev–Trinajstić information content (AvgIpc) is 2.01. The lowest BCUT2D eigenvalue weighted by Gasteiger charge is -2.09. The molecule has 0 radical (unpaired) electrons. The molecule has 0 saturated heterocycles. The summed E-state index contributed by atoms with van der Waals surface area (Å²) in [6.45, 7) is 3.64. The third-order valence-electron chi connectivity index (χ3n) is 2.04. The fraction of sp³-hybridized carbons (Fsp3) is 0.400. The predicted octanol–water partition coefficient (Wildman–Crippen LogP) is 2.09. The second-order valence-corrected chi connectivity index (χ2v) is 3.25. The van der Waals surface area contributed by atoms with Crippen LogP contribution >= 0.6 is 0 Å². The number of hydrogen-bond acceptors (Lipinski definition) is 3. The lowest BCUT2D eigenvalue weighted by molar-refractivity contribution is -0.496. The first-order chi connectivity index (χ1) is 6.54. The molecule has 1 aromatic rings. The fourth-order valence-corrected chi connectivity index (χ4v) is 1.60. The molecule has 0 heterocycles. The maximum atomic E-state index is 10.3. The lowest BCUT2D eigenvalue weighted by atomic mass is 10.1. The van der Waals surface area contributed by atoms with Gasteiger partial charge in [-0.25, -0.2) is 0 Å². The van der Waals surface area contributed by atoms with Crippen molar-refractivity contribution in [2.45, 2.75) is 20.4 Å². The van der Waals surface area contributed by atoms with Crippen LogP contribution in [0.25, 0.3) is 0 Å².